The lowest BCUT2D eigenvalue weighted by molar-refractivity contribution is -0.374. The molecule has 0 amide bonds. The third-order valence-electron chi connectivity index (χ3n) is 10.0. The molecule has 0 saturated carbocycles. The van der Waals surface area contributed by atoms with Crippen LogP contribution in [-0.2, 0) is 38.5 Å². The van der Waals surface area contributed by atoms with E-state index in [9.17, 15) is 9.59 Å². The number of carbonyl (C=O) groups excluding carboxylic acids is 2. The van der Waals surface area contributed by atoms with E-state index in [0.29, 0.717) is 19.0 Å². The van der Waals surface area contributed by atoms with Gasteiger partial charge in [-0.05, 0) is 50.6 Å². The summed E-state index contributed by atoms with van der Waals surface area (Å²) < 4.78 is 14.7. The van der Waals surface area contributed by atoms with Crippen molar-refractivity contribution in [3.63, 3.8) is 0 Å². The number of nitrogens with one attached hydrogen (secondary N) is 1. The number of ether oxygens (including phenoxy) is 3. The molecule has 2 aliphatic heterocycles. The first-order valence-electron chi connectivity index (χ1n) is 20.6. The Morgan fingerprint density at radius 1 is 0.792 bits per heavy atom. The van der Waals surface area contributed by atoms with Gasteiger partial charge in [0.2, 0.25) is 0 Å². The lowest BCUT2D eigenvalue weighted by atomic mass is 9.92. The van der Waals surface area contributed by atoms with Gasteiger partial charge in [-0.3, -0.25) is 9.59 Å². The molecule has 0 bridgehead atoms. The van der Waals surface area contributed by atoms with Crippen molar-refractivity contribution < 1.29 is 43.6 Å². The van der Waals surface area contributed by atoms with Crippen molar-refractivity contribution in [2.24, 2.45) is 0 Å². The van der Waals surface area contributed by atoms with E-state index in [1.165, 1.54) is 149 Å². The van der Waals surface area contributed by atoms with Gasteiger partial charge in [0.25, 0.3) is 6.47 Å². The van der Waals surface area contributed by atoms with Crippen LogP contribution in [0.4, 0.5) is 0 Å². The third-order valence-corrected chi connectivity index (χ3v) is 10.0. The predicted molar refractivity (Wildman–Crippen MR) is 209 cm³/mol. The van der Waals surface area contributed by atoms with E-state index in [-0.39, 0.29) is 6.79 Å². The van der Waals surface area contributed by atoms with Gasteiger partial charge >= 0.3 is 5.97 Å². The summed E-state index contributed by atoms with van der Waals surface area (Å²) in [5.41, 5.74) is 3.55. The molecule has 2 heterocycles. The number of benzene rings is 1. The molecule has 2 aliphatic rings. The topological polar surface area (TPSA) is 133 Å². The minimum absolute atomic E-state index is 0.124. The van der Waals surface area contributed by atoms with E-state index >= 15 is 0 Å². The first kappa shape index (κ1) is 48.6. The summed E-state index contributed by atoms with van der Waals surface area (Å²) >= 11 is 0. The number of carboxylic acids is 1. The summed E-state index contributed by atoms with van der Waals surface area (Å²) in [6.07, 6.45) is 30.3. The zero-order valence-electron chi connectivity index (χ0n) is 33.2. The summed E-state index contributed by atoms with van der Waals surface area (Å²) in [5, 5.41) is 8.60. The highest BCUT2D eigenvalue weighted by atomic mass is 17.3. The van der Waals surface area contributed by atoms with Gasteiger partial charge in [0, 0.05) is 32.7 Å². The maximum atomic E-state index is 11.1. The molecule has 1 aromatic rings. The summed E-state index contributed by atoms with van der Waals surface area (Å²) in [7, 11) is 3.18. The standard InChI is InChI=1S/C28H47NO6.C12H23NO.C2H4O2/c30-24-27(26-20-16-15-17-21-26)33-25-34-35-29-23-19-14-12-10-8-6-4-2-1-3-5-7-9-11-13-18-22-28(31)32;1-14-12-7-9-13-8-5-3-2-4-6-11(13)10-12;1-4-2-3/h15-17,20-21,24,27,29H,1-14,18-19,22-23,25H2,(H,31,32);11-12H,2-10H2,1H3;2H,1H3. The van der Waals surface area contributed by atoms with Crippen molar-refractivity contribution in [1.82, 2.24) is 10.4 Å². The molecule has 3 rings (SSSR count). The first-order valence-corrected chi connectivity index (χ1v) is 20.6. The average Bonchev–Trinajstić information content (AvgIpc) is 3.17. The molecule has 0 aliphatic carbocycles. The molecule has 306 valence electrons. The minimum atomic E-state index is -0.673. The lowest BCUT2D eigenvalue weighted by Gasteiger charge is -2.40. The molecule has 3 unspecified atom stereocenters. The van der Waals surface area contributed by atoms with Crippen LogP contribution in [0.2, 0.25) is 0 Å². The van der Waals surface area contributed by atoms with Crippen LogP contribution in [0.5, 0.6) is 0 Å². The Hall–Kier alpha value is -2.41. The molecule has 0 spiro atoms. The predicted octanol–water partition coefficient (Wildman–Crippen LogP) is 9.29. The molecule has 0 aromatic heterocycles. The van der Waals surface area contributed by atoms with Crippen molar-refractivity contribution in [3.05, 3.63) is 35.9 Å². The van der Waals surface area contributed by atoms with E-state index in [4.69, 9.17) is 29.3 Å². The number of fused-ring (bicyclic) bond motifs is 1. The van der Waals surface area contributed by atoms with Crippen molar-refractivity contribution in [2.45, 2.75) is 172 Å². The van der Waals surface area contributed by atoms with Crippen LogP contribution in [0.3, 0.4) is 0 Å². The molecule has 2 saturated heterocycles. The van der Waals surface area contributed by atoms with Crippen LogP contribution in [0.1, 0.15) is 166 Å². The minimum Gasteiger partial charge on any atom is -0.481 e. The van der Waals surface area contributed by atoms with E-state index in [2.05, 4.69) is 15.1 Å². The summed E-state index contributed by atoms with van der Waals surface area (Å²) in [5.74, 6) is -0.673. The number of hydrogen-bond acceptors (Lipinski definition) is 10. The number of aldehydes is 1. The first-order chi connectivity index (χ1) is 26.0. The Balaban J connectivity index is 0.000000633. The monoisotopic (exact) mass is 751 g/mol. The van der Waals surface area contributed by atoms with Gasteiger partial charge in [-0.15, -0.1) is 4.99 Å². The number of unbranched alkanes of at least 4 members (excludes halogenated alkanes) is 15. The molecule has 11 nitrogen and oxygen atoms in total. The van der Waals surface area contributed by atoms with E-state index in [1.54, 1.807) is 0 Å². The SMILES string of the molecule is COC1CCN2CCCCCCC2C1.COC=O.O=CC(OCOONCCCCCCCCCCCCCCCCCCC(=O)O)c1ccccc1. The maximum absolute atomic E-state index is 11.1. The fourth-order valence-electron chi connectivity index (χ4n) is 6.93. The number of carboxylic acid groups (broad SMARTS) is 1. The molecule has 1 aromatic carbocycles. The zero-order valence-corrected chi connectivity index (χ0v) is 33.2. The number of carbonyl (C=O) groups is 3. The Bertz CT molecular complexity index is 971. The van der Waals surface area contributed by atoms with E-state index in [1.807, 2.05) is 37.4 Å². The Labute approximate surface area is 321 Å². The van der Waals surface area contributed by atoms with Crippen LogP contribution < -0.4 is 5.48 Å². The fraction of sp³-hybridized carbons (Fsp3) is 0.786. The summed E-state index contributed by atoms with van der Waals surface area (Å²) in [4.78, 5) is 43.0. The molecule has 2 N–H and O–H groups in total. The van der Waals surface area contributed by atoms with Crippen LogP contribution in [0, 0.1) is 0 Å². The second-order valence-corrected chi connectivity index (χ2v) is 14.3. The van der Waals surface area contributed by atoms with E-state index < -0.39 is 12.1 Å². The van der Waals surface area contributed by atoms with Gasteiger partial charge in [0.05, 0.1) is 13.2 Å². The highest BCUT2D eigenvalue weighted by Gasteiger charge is 2.28. The molecule has 2 fully saturated rings. The number of piperidine rings is 1. The van der Waals surface area contributed by atoms with Crippen molar-refractivity contribution in [1.29, 1.82) is 0 Å². The zero-order chi connectivity index (χ0) is 38.5. The lowest BCUT2D eigenvalue weighted by Crippen LogP contribution is -2.45. The summed E-state index contributed by atoms with van der Waals surface area (Å²) in [6.45, 7) is 3.57. The van der Waals surface area contributed by atoms with Crippen LogP contribution in [0.15, 0.2) is 30.3 Å². The second-order valence-electron chi connectivity index (χ2n) is 14.3. The Morgan fingerprint density at radius 2 is 1.36 bits per heavy atom. The van der Waals surface area contributed by atoms with Crippen molar-refractivity contribution in [2.75, 3.05) is 40.6 Å². The van der Waals surface area contributed by atoms with Crippen molar-refractivity contribution in [3.8, 4) is 0 Å². The van der Waals surface area contributed by atoms with E-state index in [0.717, 1.165) is 43.7 Å². The maximum Gasteiger partial charge on any atom is 0.303 e. The number of methoxy groups -OCH3 is 2. The second kappa shape index (κ2) is 36.6. The Kier molecular flexibility index (Phi) is 33.5. The normalized spacial score (nSPS) is 17.8. The number of rotatable bonds is 28. The Morgan fingerprint density at radius 3 is 1.91 bits per heavy atom. The molecule has 53 heavy (non-hydrogen) atoms. The number of hydroxylamine groups is 1. The van der Waals surface area contributed by atoms with Gasteiger partial charge in [0.15, 0.2) is 13.1 Å². The average molecular weight is 751 g/mol. The largest absolute Gasteiger partial charge is 0.481 e. The summed E-state index contributed by atoms with van der Waals surface area (Å²) in [6, 6.07) is 10.1. The number of hydrogen-bond donors (Lipinski definition) is 2. The molecular weight excluding hydrogens is 676 g/mol. The highest BCUT2D eigenvalue weighted by molar-refractivity contribution is 5.66. The molecule has 11 heteroatoms. The highest BCUT2D eigenvalue weighted by Crippen LogP contribution is 2.26. The van der Waals surface area contributed by atoms with Gasteiger partial charge in [0.1, 0.15) is 6.10 Å². The quantitative estimate of drug-likeness (QED) is 0.0279. The van der Waals surface area contributed by atoms with Gasteiger partial charge in [-0.25, -0.2) is 0 Å². The molecular formula is C42H74N2O9. The number of aliphatic carboxylic acids is 1. The van der Waals surface area contributed by atoms with Crippen LogP contribution in [-0.4, -0.2) is 81.5 Å². The third kappa shape index (κ3) is 28.7. The van der Waals surface area contributed by atoms with Crippen LogP contribution in [0.25, 0.3) is 0 Å². The smallest absolute Gasteiger partial charge is 0.303 e. The fourth-order valence-corrected chi connectivity index (χ4v) is 6.93. The molecule has 3 atom stereocenters. The van der Waals surface area contributed by atoms with Gasteiger partial charge in [-0.1, -0.05) is 139 Å². The van der Waals surface area contributed by atoms with Gasteiger partial charge in [-0.2, -0.15) is 10.4 Å². The van der Waals surface area contributed by atoms with Crippen molar-refractivity contribution >= 4 is 18.7 Å². The number of nitrogens with zero attached hydrogens (tertiary/aromatic N) is 1. The molecule has 0 radical (unpaired) electrons. The van der Waals surface area contributed by atoms with Gasteiger partial charge < -0.3 is 29.0 Å². The van der Waals surface area contributed by atoms with Crippen LogP contribution >= 0.6 is 0 Å².